The highest BCUT2D eigenvalue weighted by Gasteiger charge is 2.42. The SMILES string of the molecule is CCNC(=NCCc1ccco1)NC1CCCC(C(F)(F)F)C1. The zero-order valence-corrected chi connectivity index (χ0v) is 13.3. The van der Waals surface area contributed by atoms with Crippen LogP contribution in [-0.2, 0) is 6.42 Å². The Labute approximate surface area is 134 Å². The van der Waals surface area contributed by atoms with Gasteiger partial charge in [0, 0.05) is 25.6 Å². The highest BCUT2D eigenvalue weighted by molar-refractivity contribution is 5.80. The summed E-state index contributed by atoms with van der Waals surface area (Å²) < 4.78 is 43.9. The van der Waals surface area contributed by atoms with Gasteiger partial charge in [0.15, 0.2) is 5.96 Å². The number of rotatable bonds is 5. The van der Waals surface area contributed by atoms with E-state index in [-0.39, 0.29) is 18.9 Å². The number of hydrogen-bond donors (Lipinski definition) is 2. The Bertz CT molecular complexity index is 485. The maximum absolute atomic E-state index is 12.9. The fraction of sp³-hybridized carbons (Fsp3) is 0.688. The lowest BCUT2D eigenvalue weighted by Crippen LogP contribution is -2.46. The minimum atomic E-state index is -4.10. The molecular weight excluding hydrogens is 307 g/mol. The first kappa shape index (κ1) is 17.7. The number of nitrogens with zero attached hydrogens (tertiary/aromatic N) is 1. The van der Waals surface area contributed by atoms with E-state index in [1.54, 1.807) is 6.26 Å². The van der Waals surface area contributed by atoms with Crippen LogP contribution in [0.1, 0.15) is 38.4 Å². The Hall–Kier alpha value is -1.66. The van der Waals surface area contributed by atoms with Crippen molar-refractivity contribution in [2.75, 3.05) is 13.1 Å². The number of hydrogen-bond acceptors (Lipinski definition) is 2. The lowest BCUT2D eigenvalue weighted by atomic mass is 9.85. The number of aliphatic imine (C=N–C) groups is 1. The van der Waals surface area contributed by atoms with Crippen LogP contribution in [0.3, 0.4) is 0 Å². The van der Waals surface area contributed by atoms with E-state index in [9.17, 15) is 13.2 Å². The second-order valence-corrected chi connectivity index (χ2v) is 5.84. The summed E-state index contributed by atoms with van der Waals surface area (Å²) in [5.74, 6) is 0.214. The monoisotopic (exact) mass is 331 g/mol. The summed E-state index contributed by atoms with van der Waals surface area (Å²) in [5, 5.41) is 6.24. The van der Waals surface area contributed by atoms with E-state index >= 15 is 0 Å². The standard InChI is InChI=1S/C16H24F3N3O/c1-2-20-15(21-9-8-14-7-4-10-23-14)22-13-6-3-5-12(11-13)16(17,18)19/h4,7,10,12-13H,2-3,5-6,8-9,11H2,1H3,(H2,20,21,22). The van der Waals surface area contributed by atoms with Crippen molar-refractivity contribution in [1.82, 2.24) is 10.6 Å². The van der Waals surface area contributed by atoms with Crippen molar-refractivity contribution in [3.05, 3.63) is 24.2 Å². The molecule has 1 fully saturated rings. The molecule has 4 nitrogen and oxygen atoms in total. The molecule has 2 rings (SSSR count). The minimum absolute atomic E-state index is 0.117. The van der Waals surface area contributed by atoms with Gasteiger partial charge in [0.25, 0.3) is 0 Å². The van der Waals surface area contributed by atoms with Gasteiger partial charge < -0.3 is 15.1 Å². The predicted molar refractivity (Wildman–Crippen MR) is 83.3 cm³/mol. The Morgan fingerprint density at radius 3 is 2.87 bits per heavy atom. The third-order valence-electron chi connectivity index (χ3n) is 4.03. The maximum atomic E-state index is 12.9. The molecule has 0 aliphatic heterocycles. The zero-order valence-electron chi connectivity index (χ0n) is 13.3. The van der Waals surface area contributed by atoms with Crippen LogP contribution in [-0.4, -0.2) is 31.3 Å². The van der Waals surface area contributed by atoms with E-state index in [4.69, 9.17) is 4.42 Å². The molecule has 7 heteroatoms. The van der Waals surface area contributed by atoms with Crippen LogP contribution >= 0.6 is 0 Å². The third-order valence-corrected chi connectivity index (χ3v) is 4.03. The highest BCUT2D eigenvalue weighted by atomic mass is 19.4. The van der Waals surface area contributed by atoms with Crippen molar-refractivity contribution in [3.8, 4) is 0 Å². The molecular formula is C16H24F3N3O. The third kappa shape index (κ3) is 5.80. The Morgan fingerprint density at radius 1 is 1.39 bits per heavy atom. The normalized spacial score (nSPS) is 22.9. The van der Waals surface area contributed by atoms with Crippen molar-refractivity contribution in [2.24, 2.45) is 10.9 Å². The minimum Gasteiger partial charge on any atom is -0.469 e. The van der Waals surface area contributed by atoms with Crippen molar-refractivity contribution in [2.45, 2.75) is 51.2 Å². The maximum Gasteiger partial charge on any atom is 0.391 e. The zero-order chi connectivity index (χ0) is 16.7. The largest absolute Gasteiger partial charge is 0.469 e. The summed E-state index contributed by atoms with van der Waals surface area (Å²) >= 11 is 0. The molecule has 2 unspecified atom stereocenters. The lowest BCUT2D eigenvalue weighted by molar-refractivity contribution is -0.183. The second kappa shape index (κ2) is 8.26. The molecule has 0 aromatic carbocycles. The fourth-order valence-electron chi connectivity index (χ4n) is 2.86. The van der Waals surface area contributed by atoms with Crippen molar-refractivity contribution in [1.29, 1.82) is 0 Å². The first-order valence-corrected chi connectivity index (χ1v) is 8.13. The summed E-state index contributed by atoms with van der Waals surface area (Å²) in [4.78, 5) is 4.42. The molecule has 1 aliphatic rings. The first-order valence-electron chi connectivity index (χ1n) is 8.13. The molecule has 0 saturated heterocycles. The molecule has 130 valence electrons. The van der Waals surface area contributed by atoms with Crippen molar-refractivity contribution < 1.29 is 17.6 Å². The smallest absolute Gasteiger partial charge is 0.391 e. The summed E-state index contributed by atoms with van der Waals surface area (Å²) in [6.07, 6.45) is -0.140. The molecule has 0 spiro atoms. The van der Waals surface area contributed by atoms with Gasteiger partial charge in [-0.1, -0.05) is 6.42 Å². The summed E-state index contributed by atoms with van der Waals surface area (Å²) in [5.41, 5.74) is 0. The molecule has 0 bridgehead atoms. The summed E-state index contributed by atoms with van der Waals surface area (Å²) in [6.45, 7) is 3.13. The fourth-order valence-corrected chi connectivity index (χ4v) is 2.86. The van der Waals surface area contributed by atoms with Crippen LogP contribution in [0.5, 0.6) is 0 Å². The molecule has 1 aromatic rings. The van der Waals surface area contributed by atoms with Crippen LogP contribution in [0.2, 0.25) is 0 Å². The predicted octanol–water partition coefficient (Wildman–Crippen LogP) is 3.50. The van der Waals surface area contributed by atoms with Gasteiger partial charge in [0.2, 0.25) is 0 Å². The number of guanidine groups is 1. The van der Waals surface area contributed by atoms with E-state index in [1.165, 1.54) is 0 Å². The van der Waals surface area contributed by atoms with Crippen LogP contribution in [0.25, 0.3) is 0 Å². The van der Waals surface area contributed by atoms with E-state index < -0.39 is 12.1 Å². The number of alkyl halides is 3. The molecule has 1 aliphatic carbocycles. The summed E-state index contributed by atoms with van der Waals surface area (Å²) in [7, 11) is 0. The molecule has 1 aromatic heterocycles. The van der Waals surface area contributed by atoms with Gasteiger partial charge in [-0.25, -0.2) is 0 Å². The average molecular weight is 331 g/mol. The van der Waals surface area contributed by atoms with E-state index in [0.29, 0.717) is 31.9 Å². The molecule has 1 heterocycles. The Balaban J connectivity index is 1.87. The van der Waals surface area contributed by atoms with Gasteiger partial charge >= 0.3 is 6.18 Å². The van der Waals surface area contributed by atoms with Gasteiger partial charge in [-0.05, 0) is 38.3 Å². The molecule has 23 heavy (non-hydrogen) atoms. The molecule has 0 radical (unpaired) electrons. The highest BCUT2D eigenvalue weighted by Crippen LogP contribution is 2.37. The molecule has 2 N–H and O–H groups in total. The summed E-state index contributed by atoms with van der Waals surface area (Å²) in [6, 6.07) is 3.52. The van der Waals surface area contributed by atoms with Gasteiger partial charge in [-0.2, -0.15) is 13.2 Å². The van der Waals surface area contributed by atoms with E-state index in [1.807, 2.05) is 19.1 Å². The average Bonchev–Trinajstić information content (AvgIpc) is 3.00. The van der Waals surface area contributed by atoms with Gasteiger partial charge in [-0.3, -0.25) is 4.99 Å². The van der Waals surface area contributed by atoms with Crippen LogP contribution in [0.15, 0.2) is 27.8 Å². The van der Waals surface area contributed by atoms with Gasteiger partial charge in [-0.15, -0.1) is 0 Å². The quantitative estimate of drug-likeness (QED) is 0.641. The molecule has 0 amide bonds. The van der Waals surface area contributed by atoms with E-state index in [0.717, 1.165) is 12.2 Å². The van der Waals surface area contributed by atoms with Crippen LogP contribution < -0.4 is 10.6 Å². The van der Waals surface area contributed by atoms with E-state index in [2.05, 4.69) is 15.6 Å². The first-order chi connectivity index (χ1) is 11.0. The van der Waals surface area contributed by atoms with Crippen LogP contribution in [0, 0.1) is 5.92 Å². The topological polar surface area (TPSA) is 49.6 Å². The Morgan fingerprint density at radius 2 is 2.22 bits per heavy atom. The number of halogens is 3. The second-order valence-electron chi connectivity index (χ2n) is 5.84. The van der Waals surface area contributed by atoms with Gasteiger partial charge in [0.05, 0.1) is 12.2 Å². The molecule has 2 atom stereocenters. The van der Waals surface area contributed by atoms with Crippen molar-refractivity contribution >= 4 is 5.96 Å². The number of furan rings is 1. The van der Waals surface area contributed by atoms with Gasteiger partial charge in [0.1, 0.15) is 5.76 Å². The van der Waals surface area contributed by atoms with Crippen LogP contribution in [0.4, 0.5) is 13.2 Å². The lowest BCUT2D eigenvalue weighted by Gasteiger charge is -2.31. The Kier molecular flexibility index (Phi) is 6.36. The molecule has 1 saturated carbocycles. The number of nitrogens with one attached hydrogen (secondary N) is 2. The van der Waals surface area contributed by atoms with Crippen molar-refractivity contribution in [3.63, 3.8) is 0 Å².